The number of hydrogen-bond donors (Lipinski definition) is 2. The average molecular weight is 415 g/mol. The molecule has 2 fully saturated rings. The molecule has 0 atom stereocenters. The predicted octanol–water partition coefficient (Wildman–Crippen LogP) is 1.58. The molecule has 11 heteroatoms. The largest absolute Gasteiger partial charge is 0.326 e. The molecule has 1 aromatic carbocycles. The first kappa shape index (κ1) is 19.4. The van der Waals surface area contributed by atoms with E-state index in [1.54, 1.807) is 22.9 Å². The van der Waals surface area contributed by atoms with Gasteiger partial charge in [-0.25, -0.2) is 4.79 Å². The van der Waals surface area contributed by atoms with Gasteiger partial charge in [0.2, 0.25) is 11.1 Å². The Hall–Kier alpha value is -2.95. The van der Waals surface area contributed by atoms with Gasteiger partial charge in [0.25, 0.3) is 5.91 Å². The molecule has 4 amide bonds. The number of urea groups is 1. The first-order valence-corrected chi connectivity index (χ1v) is 10.6. The molecule has 1 saturated heterocycles. The molecule has 1 saturated carbocycles. The van der Waals surface area contributed by atoms with Crippen molar-refractivity contribution in [3.63, 3.8) is 0 Å². The van der Waals surface area contributed by atoms with Crippen molar-refractivity contribution in [3.05, 3.63) is 24.3 Å². The molecule has 1 spiro atoms. The van der Waals surface area contributed by atoms with Gasteiger partial charge in [-0.1, -0.05) is 30.7 Å². The van der Waals surface area contributed by atoms with Gasteiger partial charge in [0.1, 0.15) is 5.54 Å². The molecule has 0 bridgehead atoms. The third-order valence-corrected chi connectivity index (χ3v) is 5.88. The Bertz CT molecular complexity index is 954. The lowest BCUT2D eigenvalue weighted by atomic mass is 9.98. The van der Waals surface area contributed by atoms with Gasteiger partial charge in [-0.05, 0) is 47.7 Å². The summed E-state index contributed by atoms with van der Waals surface area (Å²) in [5.41, 5.74) is 0.553. The highest BCUT2D eigenvalue weighted by Crippen LogP contribution is 2.35. The quantitative estimate of drug-likeness (QED) is 0.542. The van der Waals surface area contributed by atoms with E-state index in [0.717, 1.165) is 23.4 Å². The number of carbonyl (C=O) groups excluding carboxylic acids is 3. The molecule has 1 aromatic heterocycles. The van der Waals surface area contributed by atoms with Crippen LogP contribution in [0.1, 0.15) is 32.1 Å². The van der Waals surface area contributed by atoms with Crippen LogP contribution in [0.3, 0.4) is 0 Å². The van der Waals surface area contributed by atoms with E-state index in [4.69, 9.17) is 0 Å². The Kier molecular flexibility index (Phi) is 5.22. The first-order chi connectivity index (χ1) is 14.0. The Labute approximate surface area is 171 Å². The zero-order chi connectivity index (χ0) is 20.4. The SMILES string of the molecule is CSc1nnnn1-c1cccc(NC(=O)CCN2C(=O)NC3(CCCC3)C2=O)c1. The van der Waals surface area contributed by atoms with Crippen molar-refractivity contribution in [3.8, 4) is 5.69 Å². The van der Waals surface area contributed by atoms with Crippen molar-refractivity contribution in [2.75, 3.05) is 18.1 Å². The highest BCUT2D eigenvalue weighted by atomic mass is 32.2. The molecule has 0 unspecified atom stereocenters. The smallest absolute Gasteiger partial charge is 0.325 e. The van der Waals surface area contributed by atoms with Crippen LogP contribution in [-0.2, 0) is 9.59 Å². The monoisotopic (exact) mass is 415 g/mol. The second-order valence-corrected chi connectivity index (χ2v) is 7.88. The molecule has 2 aliphatic rings. The molecule has 0 radical (unpaired) electrons. The number of nitrogens with zero attached hydrogens (tertiary/aromatic N) is 5. The van der Waals surface area contributed by atoms with Gasteiger partial charge in [-0.3, -0.25) is 14.5 Å². The number of aromatic nitrogens is 4. The highest BCUT2D eigenvalue weighted by Gasteiger charge is 2.52. The molecule has 10 nitrogen and oxygen atoms in total. The summed E-state index contributed by atoms with van der Waals surface area (Å²) in [6, 6.07) is 6.73. The number of tetrazole rings is 1. The molecule has 152 valence electrons. The second-order valence-electron chi connectivity index (χ2n) is 7.10. The lowest BCUT2D eigenvalue weighted by Crippen LogP contribution is -2.44. The summed E-state index contributed by atoms with van der Waals surface area (Å²) < 4.78 is 1.58. The van der Waals surface area contributed by atoms with E-state index in [-0.39, 0.29) is 24.8 Å². The van der Waals surface area contributed by atoms with Crippen LogP contribution in [0.25, 0.3) is 5.69 Å². The molecule has 4 rings (SSSR count). The maximum atomic E-state index is 12.6. The van der Waals surface area contributed by atoms with Crippen molar-refractivity contribution in [1.29, 1.82) is 0 Å². The third-order valence-electron chi connectivity index (χ3n) is 5.26. The van der Waals surface area contributed by atoms with E-state index in [1.165, 1.54) is 11.8 Å². The van der Waals surface area contributed by atoms with Gasteiger partial charge < -0.3 is 10.6 Å². The van der Waals surface area contributed by atoms with Crippen molar-refractivity contribution in [2.45, 2.75) is 42.8 Å². The number of hydrogen-bond acceptors (Lipinski definition) is 7. The zero-order valence-corrected chi connectivity index (χ0v) is 16.7. The highest BCUT2D eigenvalue weighted by molar-refractivity contribution is 7.98. The van der Waals surface area contributed by atoms with E-state index in [0.29, 0.717) is 23.7 Å². The van der Waals surface area contributed by atoms with Crippen molar-refractivity contribution in [1.82, 2.24) is 30.4 Å². The van der Waals surface area contributed by atoms with Crippen LogP contribution in [0.4, 0.5) is 10.5 Å². The zero-order valence-electron chi connectivity index (χ0n) is 15.9. The third kappa shape index (κ3) is 3.69. The Morgan fingerprint density at radius 1 is 1.31 bits per heavy atom. The fourth-order valence-electron chi connectivity index (χ4n) is 3.82. The number of benzene rings is 1. The summed E-state index contributed by atoms with van der Waals surface area (Å²) in [5.74, 6) is -0.491. The van der Waals surface area contributed by atoms with Crippen molar-refractivity contribution < 1.29 is 14.4 Å². The van der Waals surface area contributed by atoms with Gasteiger partial charge >= 0.3 is 6.03 Å². The van der Waals surface area contributed by atoms with Gasteiger partial charge in [-0.15, -0.1) is 5.10 Å². The molecular formula is C18H21N7O3S. The Morgan fingerprint density at radius 2 is 2.10 bits per heavy atom. The normalized spacial score (nSPS) is 17.8. The average Bonchev–Trinajstić information content (AvgIpc) is 3.42. The van der Waals surface area contributed by atoms with E-state index >= 15 is 0 Å². The molecule has 1 aliphatic carbocycles. The van der Waals surface area contributed by atoms with E-state index < -0.39 is 11.6 Å². The summed E-state index contributed by atoms with van der Waals surface area (Å²) in [7, 11) is 0. The Morgan fingerprint density at radius 3 is 2.86 bits per heavy atom. The summed E-state index contributed by atoms with van der Waals surface area (Å²) in [4.78, 5) is 38.4. The summed E-state index contributed by atoms with van der Waals surface area (Å²) in [6.45, 7) is 0.0571. The maximum absolute atomic E-state index is 12.6. The summed E-state index contributed by atoms with van der Waals surface area (Å²) >= 11 is 1.41. The van der Waals surface area contributed by atoms with Crippen LogP contribution < -0.4 is 10.6 Å². The molecule has 2 aromatic rings. The first-order valence-electron chi connectivity index (χ1n) is 9.39. The lowest BCUT2D eigenvalue weighted by Gasteiger charge is -2.19. The maximum Gasteiger partial charge on any atom is 0.325 e. The minimum Gasteiger partial charge on any atom is -0.326 e. The molecule has 2 heterocycles. The predicted molar refractivity (Wildman–Crippen MR) is 106 cm³/mol. The minimum atomic E-state index is -0.747. The number of carbonyl (C=O) groups is 3. The molecule has 1 aliphatic heterocycles. The van der Waals surface area contributed by atoms with E-state index in [9.17, 15) is 14.4 Å². The van der Waals surface area contributed by atoms with Crippen LogP contribution in [0, 0.1) is 0 Å². The lowest BCUT2D eigenvalue weighted by molar-refractivity contribution is -0.131. The van der Waals surface area contributed by atoms with Gasteiger partial charge in [0.05, 0.1) is 5.69 Å². The fraction of sp³-hybridized carbons (Fsp3) is 0.444. The second kappa shape index (κ2) is 7.82. The number of nitrogens with one attached hydrogen (secondary N) is 2. The number of anilines is 1. The van der Waals surface area contributed by atoms with Crippen LogP contribution in [0.2, 0.25) is 0 Å². The number of amides is 4. The van der Waals surface area contributed by atoms with Gasteiger partial charge in [0, 0.05) is 18.7 Å². The van der Waals surface area contributed by atoms with Crippen molar-refractivity contribution >= 4 is 35.3 Å². The number of thioether (sulfide) groups is 1. The topological polar surface area (TPSA) is 122 Å². The molecular weight excluding hydrogens is 394 g/mol. The number of imide groups is 1. The van der Waals surface area contributed by atoms with E-state index in [2.05, 4.69) is 26.2 Å². The fourth-order valence-corrected chi connectivity index (χ4v) is 4.25. The molecule has 2 N–H and O–H groups in total. The van der Waals surface area contributed by atoms with Gasteiger partial charge in [0.15, 0.2) is 0 Å². The number of rotatable bonds is 6. The molecule has 29 heavy (non-hydrogen) atoms. The van der Waals surface area contributed by atoms with Crippen LogP contribution in [0.5, 0.6) is 0 Å². The van der Waals surface area contributed by atoms with Crippen LogP contribution in [0.15, 0.2) is 29.4 Å². The standard InChI is InChI=1S/C18H21N7O3S/c1-29-17-21-22-23-25(17)13-6-4-5-12(11-13)19-14(26)7-10-24-15(27)18(20-16(24)28)8-2-3-9-18/h4-6,11H,2-3,7-10H2,1H3,(H,19,26)(H,20,28). The minimum absolute atomic E-state index is 0.0282. The van der Waals surface area contributed by atoms with E-state index in [1.807, 2.05) is 12.3 Å². The Balaban J connectivity index is 1.37. The van der Waals surface area contributed by atoms with Gasteiger partial charge in [-0.2, -0.15) is 4.68 Å². The summed E-state index contributed by atoms with van der Waals surface area (Å²) in [6.07, 6.45) is 5.09. The summed E-state index contributed by atoms with van der Waals surface area (Å²) in [5, 5.41) is 17.8. The van der Waals surface area contributed by atoms with Crippen molar-refractivity contribution in [2.24, 2.45) is 0 Å². The van der Waals surface area contributed by atoms with Crippen LogP contribution >= 0.6 is 11.8 Å². The van der Waals surface area contributed by atoms with Crippen LogP contribution in [-0.4, -0.2) is 61.3 Å².